The average molecular weight is 238 g/mol. The predicted octanol–water partition coefficient (Wildman–Crippen LogP) is 1.63. The molecule has 0 aromatic carbocycles. The number of methoxy groups -OCH3 is 1. The minimum absolute atomic E-state index is 0.605. The second-order valence-corrected chi connectivity index (χ2v) is 4.11. The van der Waals surface area contributed by atoms with Gasteiger partial charge in [0.05, 0.1) is 19.5 Å². The lowest BCUT2D eigenvalue weighted by Crippen LogP contribution is -2.32. The first kappa shape index (κ1) is 13.7. The maximum atomic E-state index is 5.00. The Kier molecular flexibility index (Phi) is 5.69. The highest BCUT2D eigenvalue weighted by Gasteiger charge is 2.05. The molecule has 0 aliphatic rings. The molecule has 1 unspecified atom stereocenters. The first-order valence-electron chi connectivity index (χ1n) is 5.97. The Hall–Kier alpha value is -1.36. The number of nitrogens with zero attached hydrogens (tertiary/aromatic N) is 3. The van der Waals surface area contributed by atoms with Crippen molar-refractivity contribution in [2.24, 2.45) is 0 Å². The van der Waals surface area contributed by atoms with Gasteiger partial charge in [-0.05, 0) is 20.4 Å². The van der Waals surface area contributed by atoms with Crippen LogP contribution in [0.5, 0.6) is 5.75 Å². The Labute approximate surface area is 103 Å². The molecule has 1 atom stereocenters. The third-order valence-corrected chi connectivity index (χ3v) is 2.95. The summed E-state index contributed by atoms with van der Waals surface area (Å²) in [4.78, 5) is 10.6. The first-order valence-corrected chi connectivity index (χ1v) is 5.97. The minimum Gasteiger partial charge on any atom is -0.494 e. The van der Waals surface area contributed by atoms with Crippen molar-refractivity contribution in [1.29, 1.82) is 0 Å². The summed E-state index contributed by atoms with van der Waals surface area (Å²) >= 11 is 0. The van der Waals surface area contributed by atoms with Crippen LogP contribution in [0.25, 0.3) is 0 Å². The number of nitrogens with one attached hydrogen (secondary N) is 1. The smallest absolute Gasteiger partial charge is 0.222 e. The van der Waals surface area contributed by atoms with Crippen molar-refractivity contribution in [2.75, 3.05) is 32.6 Å². The minimum atomic E-state index is 0.605. The molecule has 1 aromatic rings. The van der Waals surface area contributed by atoms with Crippen molar-refractivity contribution >= 4 is 5.95 Å². The summed E-state index contributed by atoms with van der Waals surface area (Å²) < 4.78 is 5.00. The summed E-state index contributed by atoms with van der Waals surface area (Å²) in [6.07, 6.45) is 4.48. The molecule has 96 valence electrons. The van der Waals surface area contributed by atoms with Crippen molar-refractivity contribution in [3.8, 4) is 5.75 Å². The van der Waals surface area contributed by atoms with Crippen LogP contribution >= 0.6 is 0 Å². The second kappa shape index (κ2) is 7.06. The van der Waals surface area contributed by atoms with Crippen molar-refractivity contribution in [3.63, 3.8) is 0 Å². The molecule has 0 bridgehead atoms. The van der Waals surface area contributed by atoms with E-state index < -0.39 is 0 Å². The van der Waals surface area contributed by atoms with Gasteiger partial charge in [0, 0.05) is 19.1 Å². The zero-order valence-corrected chi connectivity index (χ0v) is 11.1. The van der Waals surface area contributed by atoms with Crippen molar-refractivity contribution in [3.05, 3.63) is 12.4 Å². The van der Waals surface area contributed by atoms with Gasteiger partial charge in [0.15, 0.2) is 5.75 Å². The number of hydrogen-bond donors (Lipinski definition) is 1. The van der Waals surface area contributed by atoms with Crippen LogP contribution in [-0.2, 0) is 0 Å². The van der Waals surface area contributed by atoms with Crippen LogP contribution in [-0.4, -0.2) is 48.2 Å². The molecule has 1 N–H and O–H groups in total. The summed E-state index contributed by atoms with van der Waals surface area (Å²) in [5.41, 5.74) is 0. The summed E-state index contributed by atoms with van der Waals surface area (Å²) in [6.45, 7) is 6.24. The Morgan fingerprint density at radius 1 is 1.41 bits per heavy atom. The van der Waals surface area contributed by atoms with Gasteiger partial charge in [-0.1, -0.05) is 6.92 Å². The third kappa shape index (κ3) is 4.56. The molecule has 0 saturated carbocycles. The van der Waals surface area contributed by atoms with E-state index in [-0.39, 0.29) is 0 Å². The van der Waals surface area contributed by atoms with E-state index in [1.807, 2.05) is 0 Å². The molecular formula is C12H22N4O. The molecule has 0 spiro atoms. The summed E-state index contributed by atoms with van der Waals surface area (Å²) in [5, 5.41) is 3.19. The van der Waals surface area contributed by atoms with Gasteiger partial charge in [-0.2, -0.15) is 0 Å². The molecule has 5 nitrogen and oxygen atoms in total. The SMILES string of the molecule is CCC(C)N(C)CCNc1ncc(OC)cn1. The van der Waals surface area contributed by atoms with Crippen LogP contribution in [0.4, 0.5) is 5.95 Å². The molecule has 1 aromatic heterocycles. The van der Waals surface area contributed by atoms with Gasteiger partial charge < -0.3 is 15.0 Å². The van der Waals surface area contributed by atoms with Gasteiger partial charge in [-0.25, -0.2) is 9.97 Å². The van der Waals surface area contributed by atoms with Gasteiger partial charge in [0.25, 0.3) is 0 Å². The van der Waals surface area contributed by atoms with E-state index >= 15 is 0 Å². The highest BCUT2D eigenvalue weighted by molar-refractivity contribution is 5.26. The molecule has 17 heavy (non-hydrogen) atoms. The monoisotopic (exact) mass is 238 g/mol. The molecule has 0 radical (unpaired) electrons. The van der Waals surface area contributed by atoms with Crippen molar-refractivity contribution in [1.82, 2.24) is 14.9 Å². The van der Waals surface area contributed by atoms with E-state index in [9.17, 15) is 0 Å². The lowest BCUT2D eigenvalue weighted by Gasteiger charge is -2.23. The van der Waals surface area contributed by atoms with E-state index in [1.165, 1.54) is 0 Å². The van der Waals surface area contributed by atoms with Gasteiger partial charge in [-0.3, -0.25) is 0 Å². The quantitative estimate of drug-likeness (QED) is 0.782. The van der Waals surface area contributed by atoms with Gasteiger partial charge >= 0.3 is 0 Å². The number of hydrogen-bond acceptors (Lipinski definition) is 5. The fourth-order valence-electron chi connectivity index (χ4n) is 1.39. The summed E-state index contributed by atoms with van der Waals surface area (Å²) in [7, 11) is 3.73. The zero-order chi connectivity index (χ0) is 12.7. The number of rotatable bonds is 7. The van der Waals surface area contributed by atoms with E-state index in [0.717, 1.165) is 19.5 Å². The fourth-order valence-corrected chi connectivity index (χ4v) is 1.39. The topological polar surface area (TPSA) is 50.3 Å². The van der Waals surface area contributed by atoms with Crippen LogP contribution in [0.15, 0.2) is 12.4 Å². The zero-order valence-electron chi connectivity index (χ0n) is 11.1. The molecular weight excluding hydrogens is 216 g/mol. The number of likely N-dealkylation sites (N-methyl/N-ethyl adjacent to an activating group) is 1. The lowest BCUT2D eigenvalue weighted by molar-refractivity contribution is 0.261. The lowest BCUT2D eigenvalue weighted by atomic mass is 10.2. The van der Waals surface area contributed by atoms with Gasteiger partial charge in [0.2, 0.25) is 5.95 Å². The van der Waals surface area contributed by atoms with Gasteiger partial charge in [-0.15, -0.1) is 0 Å². The number of aromatic nitrogens is 2. The third-order valence-electron chi connectivity index (χ3n) is 2.95. The van der Waals surface area contributed by atoms with Crippen LogP contribution in [0, 0.1) is 0 Å². The number of anilines is 1. The molecule has 0 saturated heterocycles. The standard InChI is InChI=1S/C12H22N4O/c1-5-10(2)16(3)7-6-13-12-14-8-11(17-4)9-15-12/h8-10H,5-7H2,1-4H3,(H,13,14,15). The van der Waals surface area contributed by atoms with Crippen LogP contribution < -0.4 is 10.1 Å². The molecule has 0 amide bonds. The molecule has 1 heterocycles. The van der Waals surface area contributed by atoms with Crippen LogP contribution in [0.2, 0.25) is 0 Å². The molecule has 0 fully saturated rings. The van der Waals surface area contributed by atoms with E-state index in [2.05, 4.69) is 41.1 Å². The van der Waals surface area contributed by atoms with Gasteiger partial charge in [0.1, 0.15) is 0 Å². The highest BCUT2D eigenvalue weighted by atomic mass is 16.5. The van der Waals surface area contributed by atoms with Crippen LogP contribution in [0.1, 0.15) is 20.3 Å². The Morgan fingerprint density at radius 3 is 2.59 bits per heavy atom. The molecule has 0 aliphatic heterocycles. The van der Waals surface area contributed by atoms with E-state index in [0.29, 0.717) is 17.7 Å². The largest absolute Gasteiger partial charge is 0.494 e. The predicted molar refractivity (Wildman–Crippen MR) is 69.5 cm³/mol. The van der Waals surface area contributed by atoms with Crippen molar-refractivity contribution < 1.29 is 4.74 Å². The summed E-state index contributed by atoms with van der Waals surface area (Å²) in [6, 6.07) is 0.605. The van der Waals surface area contributed by atoms with E-state index in [1.54, 1.807) is 19.5 Å². The first-order chi connectivity index (χ1) is 8.17. The van der Waals surface area contributed by atoms with Crippen molar-refractivity contribution in [2.45, 2.75) is 26.3 Å². The summed E-state index contributed by atoms with van der Waals surface area (Å²) in [5.74, 6) is 1.32. The molecule has 5 heteroatoms. The molecule has 0 aliphatic carbocycles. The Bertz CT molecular complexity index is 315. The fraction of sp³-hybridized carbons (Fsp3) is 0.667. The maximum absolute atomic E-state index is 5.00. The average Bonchev–Trinajstić information content (AvgIpc) is 2.38. The van der Waals surface area contributed by atoms with Crippen LogP contribution in [0.3, 0.4) is 0 Å². The molecule has 1 rings (SSSR count). The second-order valence-electron chi connectivity index (χ2n) is 4.11. The Balaban J connectivity index is 2.30. The highest BCUT2D eigenvalue weighted by Crippen LogP contribution is 2.07. The normalized spacial score (nSPS) is 12.5. The number of ether oxygens (including phenoxy) is 1. The van der Waals surface area contributed by atoms with E-state index in [4.69, 9.17) is 4.74 Å². The maximum Gasteiger partial charge on any atom is 0.222 e. The Morgan fingerprint density at radius 2 is 2.06 bits per heavy atom.